The minimum absolute atomic E-state index is 0.231. The van der Waals surface area contributed by atoms with Gasteiger partial charge in [0.05, 0.1) is 18.8 Å². The summed E-state index contributed by atoms with van der Waals surface area (Å²) >= 11 is 0. The van der Waals surface area contributed by atoms with Gasteiger partial charge in [-0.05, 0) is 44.6 Å². The van der Waals surface area contributed by atoms with E-state index in [1.807, 2.05) is 7.05 Å². The summed E-state index contributed by atoms with van der Waals surface area (Å²) in [5.74, 6) is 0. The van der Waals surface area contributed by atoms with Crippen molar-refractivity contribution in [3.63, 3.8) is 0 Å². The molecule has 0 spiro atoms. The Hall–Kier alpha value is -0.900. The van der Waals surface area contributed by atoms with Crippen LogP contribution in [0.2, 0.25) is 0 Å². The zero-order valence-electron chi connectivity index (χ0n) is 11.9. The molecule has 0 bridgehead atoms. The van der Waals surface area contributed by atoms with Crippen molar-refractivity contribution in [1.29, 1.82) is 0 Å². The third-order valence-corrected chi connectivity index (χ3v) is 3.96. The van der Waals surface area contributed by atoms with Crippen molar-refractivity contribution < 1.29 is 4.74 Å². The fraction of sp³-hybridized carbons (Fsp3) is 0.600. The predicted octanol–water partition coefficient (Wildman–Crippen LogP) is 1.89. The molecule has 0 amide bonds. The van der Waals surface area contributed by atoms with Crippen LogP contribution in [0.25, 0.3) is 0 Å². The van der Waals surface area contributed by atoms with Gasteiger partial charge in [0.2, 0.25) is 0 Å². The molecule has 1 saturated heterocycles. The first kappa shape index (κ1) is 13.5. The van der Waals surface area contributed by atoms with Gasteiger partial charge in [0.25, 0.3) is 0 Å². The van der Waals surface area contributed by atoms with Crippen LogP contribution < -0.4 is 5.32 Å². The van der Waals surface area contributed by atoms with Crippen molar-refractivity contribution in [2.75, 3.05) is 33.8 Å². The van der Waals surface area contributed by atoms with E-state index in [0.29, 0.717) is 0 Å². The molecule has 3 heteroatoms. The summed E-state index contributed by atoms with van der Waals surface area (Å²) in [4.78, 5) is 2.34. The number of ether oxygens (including phenoxy) is 1. The van der Waals surface area contributed by atoms with Crippen LogP contribution in [0.15, 0.2) is 18.2 Å². The number of hydrogen-bond acceptors (Lipinski definition) is 3. The Morgan fingerprint density at radius 3 is 2.83 bits per heavy atom. The highest BCUT2D eigenvalue weighted by atomic mass is 16.5. The Balaban J connectivity index is 2.24. The van der Waals surface area contributed by atoms with Crippen LogP contribution in [0.4, 0.5) is 0 Å². The Kier molecular flexibility index (Phi) is 4.38. The van der Waals surface area contributed by atoms with E-state index >= 15 is 0 Å². The predicted molar refractivity (Wildman–Crippen MR) is 75.0 cm³/mol. The number of benzene rings is 1. The molecule has 0 aromatic heterocycles. The van der Waals surface area contributed by atoms with Gasteiger partial charge in [0, 0.05) is 13.1 Å². The fourth-order valence-electron chi connectivity index (χ4n) is 2.67. The average molecular weight is 248 g/mol. The molecule has 2 unspecified atom stereocenters. The van der Waals surface area contributed by atoms with Crippen molar-refractivity contribution in [3.8, 4) is 0 Å². The second-order valence-corrected chi connectivity index (χ2v) is 5.23. The van der Waals surface area contributed by atoms with Crippen molar-refractivity contribution in [3.05, 3.63) is 34.9 Å². The minimum atomic E-state index is 0.231. The summed E-state index contributed by atoms with van der Waals surface area (Å²) in [7, 11) is 4.18. The third kappa shape index (κ3) is 2.74. The van der Waals surface area contributed by atoms with Crippen molar-refractivity contribution in [2.45, 2.75) is 26.0 Å². The van der Waals surface area contributed by atoms with Crippen molar-refractivity contribution >= 4 is 0 Å². The third-order valence-electron chi connectivity index (χ3n) is 3.96. The van der Waals surface area contributed by atoms with E-state index in [-0.39, 0.29) is 12.1 Å². The van der Waals surface area contributed by atoms with Gasteiger partial charge in [-0.25, -0.2) is 0 Å². The second kappa shape index (κ2) is 5.83. The largest absolute Gasteiger partial charge is 0.374 e. The topological polar surface area (TPSA) is 24.5 Å². The SMILES string of the molecule is CNC(c1cccc(C)c1C)C1CN(C)CCO1. The summed E-state index contributed by atoms with van der Waals surface area (Å²) in [6.45, 7) is 7.20. The standard InChI is InChI=1S/C15H24N2O/c1-11-6-5-7-13(12(11)2)15(16-3)14-10-17(4)8-9-18-14/h5-7,14-16H,8-10H2,1-4H3. The van der Waals surface area contributed by atoms with Gasteiger partial charge in [-0.1, -0.05) is 18.2 Å². The first-order valence-electron chi connectivity index (χ1n) is 6.67. The van der Waals surface area contributed by atoms with Crippen molar-refractivity contribution in [2.24, 2.45) is 0 Å². The molecular weight excluding hydrogens is 224 g/mol. The molecule has 0 aliphatic carbocycles. The van der Waals surface area contributed by atoms with Crippen LogP contribution in [0.5, 0.6) is 0 Å². The van der Waals surface area contributed by atoms with Gasteiger partial charge in [0.1, 0.15) is 0 Å². The first-order valence-corrected chi connectivity index (χ1v) is 6.67. The summed E-state index contributed by atoms with van der Waals surface area (Å²) in [5.41, 5.74) is 4.07. The maximum Gasteiger partial charge on any atom is 0.0896 e. The highest BCUT2D eigenvalue weighted by Gasteiger charge is 2.27. The maximum atomic E-state index is 5.95. The molecule has 1 aromatic rings. The van der Waals surface area contributed by atoms with E-state index in [1.54, 1.807) is 0 Å². The summed E-state index contributed by atoms with van der Waals surface area (Å²) < 4.78 is 5.95. The van der Waals surface area contributed by atoms with E-state index in [9.17, 15) is 0 Å². The van der Waals surface area contributed by atoms with Gasteiger partial charge in [-0.2, -0.15) is 0 Å². The molecule has 2 atom stereocenters. The van der Waals surface area contributed by atoms with Gasteiger partial charge in [-0.3, -0.25) is 0 Å². The Morgan fingerprint density at radius 2 is 2.17 bits per heavy atom. The molecule has 1 fully saturated rings. The highest BCUT2D eigenvalue weighted by Crippen LogP contribution is 2.26. The maximum absolute atomic E-state index is 5.95. The lowest BCUT2D eigenvalue weighted by atomic mass is 9.93. The number of nitrogens with one attached hydrogen (secondary N) is 1. The average Bonchev–Trinajstić information content (AvgIpc) is 2.35. The lowest BCUT2D eigenvalue weighted by Crippen LogP contribution is -2.46. The smallest absolute Gasteiger partial charge is 0.0896 e. The number of likely N-dealkylation sites (N-methyl/N-ethyl adjacent to an activating group) is 2. The van der Waals surface area contributed by atoms with Crippen LogP contribution in [0.3, 0.4) is 0 Å². The van der Waals surface area contributed by atoms with E-state index in [1.165, 1.54) is 16.7 Å². The number of hydrogen-bond donors (Lipinski definition) is 1. The minimum Gasteiger partial charge on any atom is -0.374 e. The number of nitrogens with zero attached hydrogens (tertiary/aromatic N) is 1. The molecule has 0 radical (unpaired) electrons. The van der Waals surface area contributed by atoms with Crippen LogP contribution in [0.1, 0.15) is 22.7 Å². The summed E-state index contributed by atoms with van der Waals surface area (Å²) in [6, 6.07) is 6.78. The van der Waals surface area contributed by atoms with Crippen LogP contribution in [0, 0.1) is 13.8 Å². The Bertz CT molecular complexity index is 405. The van der Waals surface area contributed by atoms with E-state index in [2.05, 4.69) is 49.3 Å². The van der Waals surface area contributed by atoms with Gasteiger partial charge >= 0.3 is 0 Å². The van der Waals surface area contributed by atoms with Crippen LogP contribution in [-0.4, -0.2) is 44.8 Å². The lowest BCUT2D eigenvalue weighted by molar-refractivity contribution is -0.0381. The molecule has 1 aliphatic heterocycles. The molecule has 1 aromatic carbocycles. The molecular formula is C15H24N2O. The quantitative estimate of drug-likeness (QED) is 0.884. The van der Waals surface area contributed by atoms with Crippen LogP contribution >= 0.6 is 0 Å². The molecule has 1 heterocycles. The number of morpholine rings is 1. The zero-order chi connectivity index (χ0) is 13.1. The molecule has 100 valence electrons. The number of rotatable bonds is 3. The lowest BCUT2D eigenvalue weighted by Gasteiger charge is -2.36. The molecule has 3 nitrogen and oxygen atoms in total. The Morgan fingerprint density at radius 1 is 1.39 bits per heavy atom. The monoisotopic (exact) mass is 248 g/mol. The highest BCUT2D eigenvalue weighted by molar-refractivity contribution is 5.36. The van der Waals surface area contributed by atoms with E-state index < -0.39 is 0 Å². The number of aryl methyl sites for hydroxylation is 1. The first-order chi connectivity index (χ1) is 8.63. The molecule has 2 rings (SSSR count). The van der Waals surface area contributed by atoms with Gasteiger partial charge in [0.15, 0.2) is 0 Å². The molecule has 18 heavy (non-hydrogen) atoms. The van der Waals surface area contributed by atoms with E-state index in [0.717, 1.165) is 19.7 Å². The van der Waals surface area contributed by atoms with Gasteiger partial charge in [-0.15, -0.1) is 0 Å². The molecule has 0 saturated carbocycles. The normalized spacial score (nSPS) is 23.0. The van der Waals surface area contributed by atoms with Crippen LogP contribution in [-0.2, 0) is 4.74 Å². The molecule has 1 N–H and O–H groups in total. The summed E-state index contributed by atoms with van der Waals surface area (Å²) in [6.07, 6.45) is 0.231. The molecule has 1 aliphatic rings. The van der Waals surface area contributed by atoms with Gasteiger partial charge < -0.3 is 15.0 Å². The van der Waals surface area contributed by atoms with E-state index in [4.69, 9.17) is 4.74 Å². The summed E-state index contributed by atoms with van der Waals surface area (Å²) in [5, 5.41) is 3.42. The Labute approximate surface area is 110 Å². The zero-order valence-corrected chi connectivity index (χ0v) is 11.9. The second-order valence-electron chi connectivity index (χ2n) is 5.23. The fourth-order valence-corrected chi connectivity index (χ4v) is 2.67. The van der Waals surface area contributed by atoms with Crippen molar-refractivity contribution in [1.82, 2.24) is 10.2 Å².